The fraction of sp³-hybridized carbons (Fsp3) is 0.409. The van der Waals surface area contributed by atoms with Crippen LogP contribution in [0.4, 0.5) is 5.69 Å². The summed E-state index contributed by atoms with van der Waals surface area (Å²) in [6.07, 6.45) is 1.95. The fourth-order valence-electron chi connectivity index (χ4n) is 3.83. The maximum absolute atomic E-state index is 12.9. The average Bonchev–Trinajstić information content (AvgIpc) is 3.21. The molecule has 4 rings (SSSR count). The highest BCUT2D eigenvalue weighted by molar-refractivity contribution is 6.30. The van der Waals surface area contributed by atoms with Crippen LogP contribution in [0.25, 0.3) is 0 Å². The zero-order valence-electron chi connectivity index (χ0n) is 16.3. The van der Waals surface area contributed by atoms with E-state index in [1.54, 1.807) is 24.3 Å². The lowest BCUT2D eigenvalue weighted by Crippen LogP contribution is -2.70. The van der Waals surface area contributed by atoms with Crippen molar-refractivity contribution in [2.45, 2.75) is 38.0 Å². The molecule has 7 heteroatoms. The van der Waals surface area contributed by atoms with Crippen LogP contribution in [0.1, 0.15) is 18.4 Å². The zero-order valence-corrected chi connectivity index (χ0v) is 17.9. The van der Waals surface area contributed by atoms with Gasteiger partial charge in [0.25, 0.3) is 5.91 Å². The summed E-state index contributed by atoms with van der Waals surface area (Å²) in [6, 6.07) is 15.0. The van der Waals surface area contributed by atoms with Crippen molar-refractivity contribution in [1.82, 2.24) is 5.32 Å². The van der Waals surface area contributed by atoms with Crippen LogP contribution in [0.3, 0.4) is 0 Å². The Bertz CT molecular complexity index is 825. The third-order valence-electron chi connectivity index (χ3n) is 5.36. The number of anilines is 1. The normalized spacial score (nSPS) is 23.4. The molecule has 2 aromatic rings. The number of halogens is 2. The molecular formula is C22H26Cl2N2O3. The Labute approximate surface area is 182 Å². The average molecular weight is 437 g/mol. The van der Waals surface area contributed by atoms with E-state index in [9.17, 15) is 4.79 Å². The second-order valence-electron chi connectivity index (χ2n) is 7.35. The summed E-state index contributed by atoms with van der Waals surface area (Å²) in [7, 11) is 0. The van der Waals surface area contributed by atoms with Gasteiger partial charge in [-0.15, -0.1) is 12.4 Å². The highest BCUT2D eigenvalue weighted by Crippen LogP contribution is 2.33. The Morgan fingerprint density at radius 3 is 2.62 bits per heavy atom. The van der Waals surface area contributed by atoms with E-state index >= 15 is 0 Å². The van der Waals surface area contributed by atoms with Crippen molar-refractivity contribution >= 4 is 35.6 Å². The Morgan fingerprint density at radius 2 is 1.93 bits per heavy atom. The number of aryl methyl sites for hydroxylation is 1. The monoisotopic (exact) mass is 436 g/mol. The standard InChI is InChI=1S/C22H25ClN2O3.ClH/c1-15-5-2-3-7-19(15)25-20(14-24-13-18-6-4-12-27-18)21(22(25)26)28-17-10-8-16(23)9-11-17;/h2-3,5,7-11,18,20-21,24H,4,6,12-14H2,1H3;1H. The summed E-state index contributed by atoms with van der Waals surface area (Å²) in [6.45, 7) is 4.30. The molecule has 3 atom stereocenters. The number of rotatable bonds is 7. The summed E-state index contributed by atoms with van der Waals surface area (Å²) in [5.74, 6) is 0.629. The molecule has 1 N–H and O–H groups in total. The number of para-hydroxylation sites is 1. The van der Waals surface area contributed by atoms with E-state index in [0.717, 1.165) is 37.2 Å². The van der Waals surface area contributed by atoms with Crippen molar-refractivity contribution in [2.75, 3.05) is 24.6 Å². The maximum Gasteiger partial charge on any atom is 0.270 e. The lowest BCUT2D eigenvalue weighted by atomic mass is 9.95. The number of amides is 1. The highest BCUT2D eigenvalue weighted by Gasteiger charge is 2.50. The zero-order chi connectivity index (χ0) is 19.5. The SMILES string of the molecule is Cc1ccccc1N1C(=O)C(Oc2ccc(Cl)cc2)C1CNCC1CCCO1.Cl. The van der Waals surface area contributed by atoms with Crippen LogP contribution < -0.4 is 15.0 Å². The van der Waals surface area contributed by atoms with Crippen molar-refractivity contribution in [3.05, 3.63) is 59.1 Å². The smallest absolute Gasteiger partial charge is 0.270 e. The molecular weight excluding hydrogens is 411 g/mol. The summed E-state index contributed by atoms with van der Waals surface area (Å²) in [4.78, 5) is 14.8. The first-order valence-electron chi connectivity index (χ1n) is 9.77. The Kier molecular flexibility index (Phi) is 7.41. The number of β-lactam (4-membered cyclic amide) rings is 1. The van der Waals surface area contributed by atoms with Gasteiger partial charge >= 0.3 is 0 Å². The number of hydrogen-bond acceptors (Lipinski definition) is 4. The van der Waals surface area contributed by atoms with Gasteiger partial charge < -0.3 is 19.7 Å². The summed E-state index contributed by atoms with van der Waals surface area (Å²) in [5, 5.41) is 4.12. The Hall–Kier alpha value is -1.79. The van der Waals surface area contributed by atoms with Crippen LogP contribution >= 0.6 is 24.0 Å². The molecule has 1 amide bonds. The van der Waals surface area contributed by atoms with Crippen LogP contribution in [-0.2, 0) is 9.53 Å². The molecule has 2 aliphatic heterocycles. The molecule has 2 fully saturated rings. The topological polar surface area (TPSA) is 50.8 Å². The van der Waals surface area contributed by atoms with Crippen LogP contribution in [0.2, 0.25) is 5.02 Å². The summed E-state index contributed by atoms with van der Waals surface area (Å²) >= 11 is 5.95. The number of nitrogens with zero attached hydrogens (tertiary/aromatic N) is 1. The minimum Gasteiger partial charge on any atom is -0.478 e. The van der Waals surface area contributed by atoms with E-state index < -0.39 is 6.10 Å². The number of benzene rings is 2. The number of nitrogens with one attached hydrogen (secondary N) is 1. The van der Waals surface area contributed by atoms with Gasteiger partial charge in [0.1, 0.15) is 5.75 Å². The molecule has 0 aliphatic carbocycles. The molecule has 0 spiro atoms. The molecule has 3 unspecified atom stereocenters. The quantitative estimate of drug-likeness (QED) is 0.666. The van der Waals surface area contributed by atoms with Gasteiger partial charge in [-0.3, -0.25) is 4.79 Å². The Balaban J connectivity index is 0.00000240. The summed E-state index contributed by atoms with van der Waals surface area (Å²) < 4.78 is 11.7. The van der Waals surface area contributed by atoms with Gasteiger partial charge in [-0.05, 0) is 55.7 Å². The van der Waals surface area contributed by atoms with Crippen molar-refractivity contribution in [2.24, 2.45) is 0 Å². The first-order valence-corrected chi connectivity index (χ1v) is 10.1. The van der Waals surface area contributed by atoms with Gasteiger partial charge in [0.15, 0.2) is 6.10 Å². The van der Waals surface area contributed by atoms with E-state index in [1.807, 2.05) is 36.1 Å². The van der Waals surface area contributed by atoms with Gasteiger partial charge in [0, 0.05) is 30.4 Å². The van der Waals surface area contributed by atoms with E-state index in [1.165, 1.54) is 0 Å². The molecule has 2 saturated heterocycles. The van der Waals surface area contributed by atoms with E-state index in [2.05, 4.69) is 5.32 Å². The molecule has 2 aromatic carbocycles. The fourth-order valence-corrected chi connectivity index (χ4v) is 3.96. The van der Waals surface area contributed by atoms with Gasteiger partial charge in [0.2, 0.25) is 0 Å². The molecule has 0 radical (unpaired) electrons. The molecule has 156 valence electrons. The van der Waals surface area contributed by atoms with Crippen molar-refractivity contribution < 1.29 is 14.3 Å². The highest BCUT2D eigenvalue weighted by atomic mass is 35.5. The number of carbonyl (C=O) groups excluding carboxylic acids is 1. The maximum atomic E-state index is 12.9. The van der Waals surface area contributed by atoms with E-state index in [-0.39, 0.29) is 30.5 Å². The number of carbonyl (C=O) groups is 1. The third kappa shape index (κ3) is 4.86. The first-order chi connectivity index (χ1) is 13.6. The summed E-state index contributed by atoms with van der Waals surface area (Å²) in [5.41, 5.74) is 2.01. The van der Waals surface area contributed by atoms with Gasteiger partial charge in [-0.25, -0.2) is 0 Å². The largest absolute Gasteiger partial charge is 0.478 e. The molecule has 0 saturated carbocycles. The lowest BCUT2D eigenvalue weighted by molar-refractivity contribution is -0.134. The van der Waals surface area contributed by atoms with Gasteiger partial charge in [0.05, 0.1) is 12.1 Å². The number of ether oxygens (including phenoxy) is 2. The number of hydrogen-bond donors (Lipinski definition) is 1. The van der Waals surface area contributed by atoms with Crippen LogP contribution in [0.15, 0.2) is 48.5 Å². The van der Waals surface area contributed by atoms with Gasteiger partial charge in [-0.1, -0.05) is 29.8 Å². The van der Waals surface area contributed by atoms with Crippen molar-refractivity contribution in [3.8, 4) is 5.75 Å². The first kappa shape index (κ1) is 21.9. The minimum absolute atomic E-state index is 0. The Morgan fingerprint density at radius 1 is 1.17 bits per heavy atom. The van der Waals surface area contributed by atoms with Crippen molar-refractivity contribution in [3.63, 3.8) is 0 Å². The molecule has 2 aliphatic rings. The van der Waals surface area contributed by atoms with Crippen LogP contribution in [-0.4, -0.2) is 43.9 Å². The second kappa shape index (κ2) is 9.81. The molecule has 0 bridgehead atoms. The minimum atomic E-state index is -0.516. The van der Waals surface area contributed by atoms with Crippen LogP contribution in [0, 0.1) is 6.92 Å². The van der Waals surface area contributed by atoms with E-state index in [4.69, 9.17) is 21.1 Å². The molecule has 0 aromatic heterocycles. The van der Waals surface area contributed by atoms with Crippen LogP contribution in [0.5, 0.6) is 5.75 Å². The van der Waals surface area contributed by atoms with Gasteiger partial charge in [-0.2, -0.15) is 0 Å². The third-order valence-corrected chi connectivity index (χ3v) is 5.62. The predicted molar refractivity (Wildman–Crippen MR) is 117 cm³/mol. The molecule has 29 heavy (non-hydrogen) atoms. The lowest BCUT2D eigenvalue weighted by Gasteiger charge is -2.47. The molecule has 2 heterocycles. The van der Waals surface area contributed by atoms with E-state index in [0.29, 0.717) is 17.3 Å². The second-order valence-corrected chi connectivity index (χ2v) is 7.78. The molecule has 5 nitrogen and oxygen atoms in total. The predicted octanol–water partition coefficient (Wildman–Crippen LogP) is 4.00. The van der Waals surface area contributed by atoms with Crippen molar-refractivity contribution in [1.29, 1.82) is 0 Å².